The molecule has 0 heterocycles. The Morgan fingerprint density at radius 1 is 0.946 bits per heavy atom. The zero-order chi connectivity index (χ0) is 26.7. The van der Waals surface area contributed by atoms with E-state index in [4.69, 9.17) is 0 Å². The van der Waals surface area contributed by atoms with E-state index in [0.29, 0.717) is 22.4 Å². The summed E-state index contributed by atoms with van der Waals surface area (Å²) in [5, 5.41) is 15.5. The summed E-state index contributed by atoms with van der Waals surface area (Å²) < 4.78 is 28.7. The van der Waals surface area contributed by atoms with Crippen molar-refractivity contribution in [1.29, 1.82) is 0 Å². The number of rotatable bonds is 9. The lowest BCUT2D eigenvalue weighted by molar-refractivity contribution is -0.138. The van der Waals surface area contributed by atoms with E-state index in [2.05, 4.69) is 15.4 Å². The number of carboxylic acids is 1. The highest BCUT2D eigenvalue weighted by atomic mass is 32.2. The lowest BCUT2D eigenvalue weighted by atomic mass is 9.99. The van der Waals surface area contributed by atoms with Crippen molar-refractivity contribution in [2.75, 3.05) is 5.32 Å². The lowest BCUT2D eigenvalue weighted by Gasteiger charge is -2.18. The van der Waals surface area contributed by atoms with Crippen LogP contribution >= 0.6 is 0 Å². The normalized spacial score (nSPS) is 14.1. The first-order chi connectivity index (χ1) is 17.5. The van der Waals surface area contributed by atoms with Crippen molar-refractivity contribution in [3.63, 3.8) is 0 Å². The van der Waals surface area contributed by atoms with E-state index in [9.17, 15) is 23.1 Å². The average molecular weight is 522 g/mol. The van der Waals surface area contributed by atoms with Gasteiger partial charge in [-0.1, -0.05) is 54.1 Å². The highest BCUT2D eigenvalue weighted by Gasteiger charge is 2.28. The Morgan fingerprint density at radius 3 is 2.19 bits per heavy atom. The van der Waals surface area contributed by atoms with Crippen LogP contribution in [0.25, 0.3) is 11.1 Å². The van der Waals surface area contributed by atoms with Crippen LogP contribution in [-0.2, 0) is 21.2 Å². The van der Waals surface area contributed by atoms with E-state index < -0.39 is 22.0 Å². The van der Waals surface area contributed by atoms with Gasteiger partial charge in [0.05, 0.1) is 4.90 Å². The van der Waals surface area contributed by atoms with Crippen molar-refractivity contribution < 1.29 is 23.1 Å². The number of sulfonamides is 1. The quantitative estimate of drug-likeness (QED) is 0.329. The molecule has 1 fully saturated rings. The van der Waals surface area contributed by atoms with E-state index in [1.165, 1.54) is 0 Å². The molecule has 0 aromatic heterocycles. The Kier molecular flexibility index (Phi) is 7.65. The Balaban J connectivity index is 1.53. The number of anilines is 1. The van der Waals surface area contributed by atoms with Crippen molar-refractivity contribution in [3.05, 3.63) is 82.9 Å². The Hall–Kier alpha value is -3.69. The van der Waals surface area contributed by atoms with Crippen molar-refractivity contribution in [1.82, 2.24) is 10.0 Å². The fourth-order valence-corrected chi connectivity index (χ4v) is 6.13. The molecule has 1 aliphatic carbocycles. The molecule has 0 spiro atoms. The van der Waals surface area contributed by atoms with Gasteiger partial charge in [-0.05, 0) is 80.0 Å². The van der Waals surface area contributed by atoms with E-state index in [1.54, 1.807) is 44.2 Å². The van der Waals surface area contributed by atoms with Crippen molar-refractivity contribution >= 4 is 27.7 Å². The molecule has 2 amide bonds. The van der Waals surface area contributed by atoms with Crippen LogP contribution < -0.4 is 15.4 Å². The summed E-state index contributed by atoms with van der Waals surface area (Å²) in [7, 11) is -4.06. The molecular formula is C28H31N3O5S. The third-order valence-corrected chi connectivity index (χ3v) is 7.98. The van der Waals surface area contributed by atoms with E-state index >= 15 is 0 Å². The number of hydrogen-bond donors (Lipinski definition) is 4. The van der Waals surface area contributed by atoms with Crippen LogP contribution in [0.4, 0.5) is 10.5 Å². The topological polar surface area (TPSA) is 125 Å². The Bertz CT molecular complexity index is 1420. The average Bonchev–Trinajstić information content (AvgIpc) is 3.61. The van der Waals surface area contributed by atoms with Gasteiger partial charge >= 0.3 is 12.0 Å². The fourth-order valence-electron chi connectivity index (χ4n) is 4.49. The smallest absolute Gasteiger partial charge is 0.322 e. The van der Waals surface area contributed by atoms with Gasteiger partial charge in [0.2, 0.25) is 10.0 Å². The minimum absolute atomic E-state index is 0.0336. The van der Waals surface area contributed by atoms with Crippen molar-refractivity contribution in [3.8, 4) is 11.1 Å². The van der Waals surface area contributed by atoms with Gasteiger partial charge in [-0.25, -0.2) is 13.2 Å². The molecule has 4 N–H and O–H groups in total. The standard InChI is InChI=1S/C28H31N3O5S/c1-17-12-18(2)26(19(3)13-17)37(35,36)31-25(27(32)33)15-20-6-4-7-21(14-20)22-8-5-9-24(16-22)30-28(34)29-23-10-11-23/h4-9,12-14,16,23,25,31H,10-11,15H2,1-3H3,(H,32,33)(H2,29,30,34). The van der Waals surface area contributed by atoms with Crippen LogP contribution in [-0.4, -0.2) is 37.6 Å². The number of carboxylic acid groups (broad SMARTS) is 1. The highest BCUT2D eigenvalue weighted by molar-refractivity contribution is 7.89. The SMILES string of the molecule is Cc1cc(C)c(S(=O)(=O)NC(Cc2cccc(-c3cccc(NC(=O)NC4CC4)c3)c2)C(=O)O)c(C)c1. The van der Waals surface area contributed by atoms with Crippen LogP contribution in [0.5, 0.6) is 0 Å². The number of hydrogen-bond acceptors (Lipinski definition) is 4. The number of carbonyl (C=O) groups excluding carboxylic acids is 1. The number of urea groups is 1. The highest BCUT2D eigenvalue weighted by Crippen LogP contribution is 2.26. The van der Waals surface area contributed by atoms with Crippen molar-refractivity contribution in [2.45, 2.75) is 57.0 Å². The number of carbonyl (C=O) groups is 2. The predicted octanol–water partition coefficient (Wildman–Crippen LogP) is 4.54. The van der Waals surface area contributed by atoms with E-state index in [-0.39, 0.29) is 23.4 Å². The Labute approximate surface area is 217 Å². The largest absolute Gasteiger partial charge is 0.480 e. The second-order valence-corrected chi connectivity index (χ2v) is 11.2. The van der Waals surface area contributed by atoms with Crippen LogP contribution in [0.2, 0.25) is 0 Å². The van der Waals surface area contributed by atoms with Crippen molar-refractivity contribution in [2.24, 2.45) is 0 Å². The molecular weight excluding hydrogens is 490 g/mol. The molecule has 0 bridgehead atoms. The molecule has 8 nitrogen and oxygen atoms in total. The maximum absolute atomic E-state index is 13.2. The van der Waals surface area contributed by atoms with Gasteiger partial charge < -0.3 is 15.7 Å². The van der Waals surface area contributed by atoms with Crippen LogP contribution in [0.1, 0.15) is 35.1 Å². The third-order valence-electron chi connectivity index (χ3n) is 6.20. The summed E-state index contributed by atoms with van der Waals surface area (Å²) in [6.45, 7) is 5.28. The first-order valence-corrected chi connectivity index (χ1v) is 13.6. The monoisotopic (exact) mass is 521 g/mol. The van der Waals surface area contributed by atoms with Gasteiger partial charge in [-0.2, -0.15) is 4.72 Å². The number of nitrogens with one attached hydrogen (secondary N) is 3. The summed E-state index contributed by atoms with van der Waals surface area (Å²) in [5.41, 5.74) is 5.02. The summed E-state index contributed by atoms with van der Waals surface area (Å²) in [6.07, 6.45) is 1.96. The number of aryl methyl sites for hydroxylation is 3. The molecule has 1 saturated carbocycles. The number of amides is 2. The van der Waals surface area contributed by atoms with Crippen LogP contribution in [0, 0.1) is 20.8 Å². The zero-order valence-electron chi connectivity index (χ0n) is 21.0. The summed E-state index contributed by atoms with van der Waals surface area (Å²) in [6, 6.07) is 16.8. The zero-order valence-corrected chi connectivity index (χ0v) is 21.9. The fraction of sp³-hybridized carbons (Fsp3) is 0.286. The van der Waals surface area contributed by atoms with E-state index in [1.807, 2.05) is 37.3 Å². The first kappa shape index (κ1) is 26.4. The van der Waals surface area contributed by atoms with E-state index in [0.717, 1.165) is 29.5 Å². The van der Waals surface area contributed by atoms with Gasteiger partial charge in [0.25, 0.3) is 0 Å². The lowest BCUT2D eigenvalue weighted by Crippen LogP contribution is -2.42. The van der Waals surface area contributed by atoms with Gasteiger partial charge in [0, 0.05) is 11.7 Å². The maximum Gasteiger partial charge on any atom is 0.322 e. The van der Waals surface area contributed by atoms with Gasteiger partial charge in [0.1, 0.15) is 6.04 Å². The third kappa shape index (κ3) is 6.75. The second kappa shape index (κ2) is 10.7. The first-order valence-electron chi connectivity index (χ1n) is 12.1. The Morgan fingerprint density at radius 2 is 1.57 bits per heavy atom. The minimum atomic E-state index is -4.06. The molecule has 4 rings (SSSR count). The predicted molar refractivity (Wildman–Crippen MR) is 143 cm³/mol. The van der Waals surface area contributed by atoms with Crippen LogP contribution in [0.15, 0.2) is 65.6 Å². The van der Waals surface area contributed by atoms with Gasteiger partial charge in [-0.15, -0.1) is 0 Å². The molecule has 194 valence electrons. The van der Waals surface area contributed by atoms with Crippen LogP contribution in [0.3, 0.4) is 0 Å². The molecule has 0 radical (unpaired) electrons. The molecule has 1 atom stereocenters. The summed E-state index contributed by atoms with van der Waals surface area (Å²) in [4.78, 5) is 24.2. The molecule has 9 heteroatoms. The molecule has 3 aromatic rings. The molecule has 0 aliphatic heterocycles. The molecule has 37 heavy (non-hydrogen) atoms. The maximum atomic E-state index is 13.2. The molecule has 3 aromatic carbocycles. The van der Waals surface area contributed by atoms with Gasteiger partial charge in [0.15, 0.2) is 0 Å². The molecule has 0 saturated heterocycles. The van der Waals surface area contributed by atoms with Gasteiger partial charge in [-0.3, -0.25) is 4.79 Å². The second-order valence-electron chi connectivity index (χ2n) is 9.60. The number of benzene rings is 3. The molecule has 1 unspecified atom stereocenters. The summed E-state index contributed by atoms with van der Waals surface area (Å²) >= 11 is 0. The number of aliphatic carboxylic acids is 1. The summed E-state index contributed by atoms with van der Waals surface area (Å²) in [5.74, 6) is -1.26. The minimum Gasteiger partial charge on any atom is -0.480 e. The molecule has 1 aliphatic rings.